The summed E-state index contributed by atoms with van der Waals surface area (Å²) in [5.74, 6) is -0.178. The second kappa shape index (κ2) is 11.2. The van der Waals surface area contributed by atoms with Crippen molar-refractivity contribution in [3.8, 4) is 11.4 Å². The number of carbonyl (C=O) groups excluding carboxylic acids is 1. The van der Waals surface area contributed by atoms with Crippen molar-refractivity contribution in [3.63, 3.8) is 0 Å². The molecule has 3 aromatic rings. The number of ether oxygens (including phenoxy) is 2. The van der Waals surface area contributed by atoms with Gasteiger partial charge in [0.1, 0.15) is 5.82 Å². The van der Waals surface area contributed by atoms with E-state index in [0.29, 0.717) is 22.1 Å². The number of ketones is 1. The molecular weight excluding hydrogens is 483 g/mol. The number of thioether (sulfide) groups is 1. The van der Waals surface area contributed by atoms with Crippen LogP contribution >= 0.6 is 11.8 Å². The first-order chi connectivity index (χ1) is 16.2. The lowest BCUT2D eigenvalue weighted by Gasteiger charge is -2.17. The molecule has 0 saturated carbocycles. The Balaban J connectivity index is 1.94. The summed E-state index contributed by atoms with van der Waals surface area (Å²) in [5.41, 5.74) is 0.909. The summed E-state index contributed by atoms with van der Waals surface area (Å²) in [5, 5.41) is 8.89. The number of carbonyl (C=O) groups is 1. The zero-order chi connectivity index (χ0) is 24.9. The highest BCUT2D eigenvalue weighted by atomic mass is 32.2. The molecule has 0 aliphatic heterocycles. The highest BCUT2D eigenvalue weighted by Crippen LogP contribution is 2.27. The standard InChI is InChI=1S/C22H25FN4O5S2/c1-26(2)34(29,30)18-7-5-6-16(12-18)21-24-25-22(27(21)13-20(31-3)32-4)33-14-19(28)15-8-10-17(23)11-9-15/h5-12,20H,13-14H2,1-4H3. The average Bonchev–Trinajstić information content (AvgIpc) is 3.23. The monoisotopic (exact) mass is 508 g/mol. The van der Waals surface area contributed by atoms with E-state index in [2.05, 4.69) is 10.2 Å². The third-order valence-corrected chi connectivity index (χ3v) is 7.72. The number of Topliss-reactive ketones (excluding diaryl/α,β-unsaturated/α-hetero) is 1. The van der Waals surface area contributed by atoms with Gasteiger partial charge in [0.15, 0.2) is 23.1 Å². The van der Waals surface area contributed by atoms with E-state index < -0.39 is 22.1 Å². The van der Waals surface area contributed by atoms with Gasteiger partial charge in [-0.1, -0.05) is 23.9 Å². The van der Waals surface area contributed by atoms with Gasteiger partial charge in [0.25, 0.3) is 0 Å². The number of benzene rings is 2. The van der Waals surface area contributed by atoms with E-state index >= 15 is 0 Å². The molecule has 9 nitrogen and oxygen atoms in total. The van der Waals surface area contributed by atoms with Crippen molar-refractivity contribution in [1.29, 1.82) is 0 Å². The Morgan fingerprint density at radius 1 is 1.12 bits per heavy atom. The van der Waals surface area contributed by atoms with Gasteiger partial charge in [-0.3, -0.25) is 9.36 Å². The van der Waals surface area contributed by atoms with Gasteiger partial charge in [-0.2, -0.15) is 0 Å². The maximum atomic E-state index is 13.2. The van der Waals surface area contributed by atoms with E-state index in [4.69, 9.17) is 9.47 Å². The zero-order valence-electron chi connectivity index (χ0n) is 19.1. The van der Waals surface area contributed by atoms with Gasteiger partial charge in [0.05, 0.1) is 17.2 Å². The smallest absolute Gasteiger partial charge is 0.242 e. The van der Waals surface area contributed by atoms with Crippen LogP contribution in [0.15, 0.2) is 58.6 Å². The Kier molecular flexibility index (Phi) is 8.55. The normalized spacial score (nSPS) is 12.0. The number of sulfonamides is 1. The van der Waals surface area contributed by atoms with Crippen molar-refractivity contribution in [2.75, 3.05) is 34.1 Å². The van der Waals surface area contributed by atoms with Crippen molar-refractivity contribution >= 4 is 27.6 Å². The average molecular weight is 509 g/mol. The molecule has 0 unspecified atom stereocenters. The molecule has 182 valence electrons. The van der Waals surface area contributed by atoms with E-state index in [-0.39, 0.29) is 23.0 Å². The van der Waals surface area contributed by atoms with E-state index in [1.807, 2.05) is 0 Å². The molecule has 0 amide bonds. The Hall–Kier alpha value is -2.64. The molecule has 2 aromatic carbocycles. The highest BCUT2D eigenvalue weighted by molar-refractivity contribution is 7.99. The summed E-state index contributed by atoms with van der Waals surface area (Å²) < 4.78 is 51.8. The van der Waals surface area contributed by atoms with Crippen LogP contribution in [-0.2, 0) is 26.0 Å². The SMILES string of the molecule is COC(Cn1c(SCC(=O)c2ccc(F)cc2)nnc1-c1cccc(S(=O)(=O)N(C)C)c1)OC. The van der Waals surface area contributed by atoms with Crippen LogP contribution in [-0.4, -0.2) is 73.6 Å². The number of hydrogen-bond donors (Lipinski definition) is 0. The molecule has 3 rings (SSSR count). The lowest BCUT2D eigenvalue weighted by molar-refractivity contribution is -0.111. The predicted molar refractivity (Wildman–Crippen MR) is 126 cm³/mol. The van der Waals surface area contributed by atoms with E-state index in [9.17, 15) is 17.6 Å². The number of hydrogen-bond acceptors (Lipinski definition) is 8. The summed E-state index contributed by atoms with van der Waals surface area (Å²) in [6.07, 6.45) is -0.629. The van der Waals surface area contributed by atoms with Gasteiger partial charge in [-0.25, -0.2) is 17.1 Å². The first-order valence-corrected chi connectivity index (χ1v) is 12.5. The molecule has 1 aromatic heterocycles. The lowest BCUT2D eigenvalue weighted by atomic mass is 10.1. The minimum atomic E-state index is -3.65. The topological polar surface area (TPSA) is 104 Å². The highest BCUT2D eigenvalue weighted by Gasteiger charge is 2.22. The van der Waals surface area contributed by atoms with Crippen molar-refractivity contribution in [1.82, 2.24) is 19.1 Å². The van der Waals surface area contributed by atoms with Gasteiger partial charge in [-0.15, -0.1) is 10.2 Å². The van der Waals surface area contributed by atoms with Gasteiger partial charge in [-0.05, 0) is 36.4 Å². The zero-order valence-corrected chi connectivity index (χ0v) is 20.8. The number of methoxy groups -OCH3 is 2. The molecule has 0 aliphatic carbocycles. The third-order valence-electron chi connectivity index (χ3n) is 4.94. The van der Waals surface area contributed by atoms with Crippen molar-refractivity contribution in [2.24, 2.45) is 0 Å². The fourth-order valence-electron chi connectivity index (χ4n) is 3.02. The summed E-state index contributed by atoms with van der Waals surface area (Å²) in [6, 6.07) is 11.7. The van der Waals surface area contributed by atoms with Gasteiger partial charge < -0.3 is 9.47 Å². The largest absolute Gasteiger partial charge is 0.354 e. The molecule has 12 heteroatoms. The molecule has 0 radical (unpaired) electrons. The number of rotatable bonds is 11. The van der Waals surface area contributed by atoms with Crippen LogP contribution in [0.1, 0.15) is 10.4 Å². The molecule has 0 saturated heterocycles. The molecule has 1 heterocycles. The van der Waals surface area contributed by atoms with Gasteiger partial charge in [0, 0.05) is 39.4 Å². The van der Waals surface area contributed by atoms with E-state index in [1.165, 1.54) is 64.7 Å². The Morgan fingerprint density at radius 2 is 1.79 bits per heavy atom. The molecule has 34 heavy (non-hydrogen) atoms. The molecule has 0 aliphatic rings. The van der Waals surface area contributed by atoms with E-state index in [0.717, 1.165) is 16.1 Å². The van der Waals surface area contributed by atoms with Crippen LogP contribution in [0.2, 0.25) is 0 Å². The molecule has 0 fully saturated rings. The molecule has 0 N–H and O–H groups in total. The lowest BCUT2D eigenvalue weighted by Crippen LogP contribution is -2.23. The fraction of sp³-hybridized carbons (Fsp3) is 0.318. The third kappa shape index (κ3) is 5.88. The van der Waals surface area contributed by atoms with Crippen LogP contribution < -0.4 is 0 Å². The molecular formula is C22H25FN4O5S2. The molecule has 0 atom stereocenters. The quantitative estimate of drug-likeness (QED) is 0.221. The maximum Gasteiger partial charge on any atom is 0.242 e. The van der Waals surface area contributed by atoms with E-state index in [1.54, 1.807) is 16.7 Å². The first kappa shape index (κ1) is 26.0. The van der Waals surface area contributed by atoms with Gasteiger partial charge >= 0.3 is 0 Å². The maximum absolute atomic E-state index is 13.2. The van der Waals surface area contributed by atoms with Gasteiger partial charge in [0.2, 0.25) is 10.0 Å². The van der Waals surface area contributed by atoms with Crippen LogP contribution in [0.3, 0.4) is 0 Å². The predicted octanol–water partition coefficient (Wildman–Crippen LogP) is 2.93. The minimum Gasteiger partial charge on any atom is -0.354 e. The Labute approximate surface area is 201 Å². The minimum absolute atomic E-state index is 0.0451. The second-order valence-electron chi connectivity index (χ2n) is 7.35. The number of nitrogens with zero attached hydrogens (tertiary/aromatic N) is 4. The van der Waals surface area contributed by atoms with Crippen molar-refractivity contribution < 1.29 is 27.1 Å². The van der Waals surface area contributed by atoms with Crippen LogP contribution in [0.25, 0.3) is 11.4 Å². The summed E-state index contributed by atoms with van der Waals surface area (Å²) in [4.78, 5) is 12.7. The molecule has 0 bridgehead atoms. The van der Waals surface area contributed by atoms with Crippen molar-refractivity contribution in [3.05, 3.63) is 59.9 Å². The van der Waals surface area contributed by atoms with Crippen LogP contribution in [0, 0.1) is 5.82 Å². The number of aromatic nitrogens is 3. The Bertz CT molecular complexity index is 1240. The number of halogens is 1. The summed E-state index contributed by atoms with van der Waals surface area (Å²) >= 11 is 1.16. The Morgan fingerprint density at radius 3 is 2.41 bits per heavy atom. The first-order valence-electron chi connectivity index (χ1n) is 10.1. The van der Waals surface area contributed by atoms with Crippen LogP contribution in [0.4, 0.5) is 4.39 Å². The van der Waals surface area contributed by atoms with Crippen molar-refractivity contribution in [2.45, 2.75) is 22.9 Å². The fourth-order valence-corrected chi connectivity index (χ4v) is 4.81. The molecule has 0 spiro atoms. The second-order valence-corrected chi connectivity index (χ2v) is 10.4. The summed E-state index contributed by atoms with van der Waals surface area (Å²) in [7, 11) is 2.25. The summed E-state index contributed by atoms with van der Waals surface area (Å²) in [6.45, 7) is 0.201. The van der Waals surface area contributed by atoms with Crippen LogP contribution in [0.5, 0.6) is 0 Å².